The van der Waals surface area contributed by atoms with Crippen molar-refractivity contribution in [2.75, 3.05) is 18.1 Å². The summed E-state index contributed by atoms with van der Waals surface area (Å²) in [5.41, 5.74) is 1.73. The summed E-state index contributed by atoms with van der Waals surface area (Å²) in [4.78, 5) is 10.4. The highest BCUT2D eigenvalue weighted by Gasteiger charge is 2.12. The van der Waals surface area contributed by atoms with Crippen molar-refractivity contribution in [3.8, 4) is 0 Å². The number of benzene rings is 1. The van der Waals surface area contributed by atoms with Gasteiger partial charge in [0.05, 0.1) is 4.92 Å². The first-order chi connectivity index (χ1) is 8.06. The summed E-state index contributed by atoms with van der Waals surface area (Å²) in [5.74, 6) is 0. The van der Waals surface area contributed by atoms with E-state index in [1.165, 1.54) is 6.07 Å². The Labute approximate surface area is 106 Å². The van der Waals surface area contributed by atoms with Gasteiger partial charge in [0, 0.05) is 29.1 Å². The molecule has 0 aliphatic carbocycles. The smallest absolute Gasteiger partial charge is 0.274 e. The van der Waals surface area contributed by atoms with E-state index in [1.54, 1.807) is 13.0 Å². The third-order valence-electron chi connectivity index (χ3n) is 2.77. The van der Waals surface area contributed by atoms with Gasteiger partial charge in [-0.15, -0.1) is 0 Å². The maximum Gasteiger partial charge on any atom is 0.274 e. The predicted molar refractivity (Wildman–Crippen MR) is 73.9 cm³/mol. The van der Waals surface area contributed by atoms with E-state index < -0.39 is 0 Å². The van der Waals surface area contributed by atoms with Gasteiger partial charge in [0.25, 0.3) is 5.69 Å². The van der Waals surface area contributed by atoms with Crippen LogP contribution in [0.2, 0.25) is 0 Å². The van der Waals surface area contributed by atoms with Crippen LogP contribution in [0.4, 0.5) is 11.4 Å². The first-order valence-corrected chi connectivity index (χ1v) is 6.85. The number of hydrogen-bond acceptors (Lipinski definition) is 4. The third-order valence-corrected chi connectivity index (χ3v) is 3.81. The Morgan fingerprint density at radius 2 is 2.24 bits per heavy atom. The average Bonchev–Trinajstić information content (AvgIpc) is 2.30. The molecule has 0 spiro atoms. The molecule has 0 aromatic heterocycles. The molecule has 0 saturated heterocycles. The maximum absolute atomic E-state index is 10.8. The molecule has 1 rings (SSSR count). The summed E-state index contributed by atoms with van der Waals surface area (Å²) in [6.45, 7) is 4.79. The SMILES string of the molecule is CSC(C)CCNc1cccc([N+](=O)[O-])c1C. The first-order valence-electron chi connectivity index (χ1n) is 5.57. The van der Waals surface area contributed by atoms with Gasteiger partial charge in [-0.05, 0) is 25.7 Å². The van der Waals surface area contributed by atoms with Crippen molar-refractivity contribution in [3.63, 3.8) is 0 Å². The van der Waals surface area contributed by atoms with Crippen molar-refractivity contribution in [2.45, 2.75) is 25.5 Å². The van der Waals surface area contributed by atoms with Crippen LogP contribution in [0.5, 0.6) is 0 Å². The Morgan fingerprint density at radius 3 is 2.82 bits per heavy atom. The number of thioether (sulfide) groups is 1. The van der Waals surface area contributed by atoms with Gasteiger partial charge in [0.15, 0.2) is 0 Å². The quantitative estimate of drug-likeness (QED) is 0.624. The fourth-order valence-corrected chi connectivity index (χ4v) is 1.89. The third kappa shape index (κ3) is 3.93. The minimum absolute atomic E-state index is 0.174. The van der Waals surface area contributed by atoms with Crippen LogP contribution in [0.1, 0.15) is 18.9 Å². The largest absolute Gasteiger partial charge is 0.385 e. The zero-order valence-electron chi connectivity index (χ0n) is 10.4. The van der Waals surface area contributed by atoms with Crippen molar-refractivity contribution >= 4 is 23.1 Å². The molecular weight excluding hydrogens is 236 g/mol. The molecule has 0 radical (unpaired) electrons. The molecule has 0 heterocycles. The molecule has 1 N–H and O–H groups in total. The topological polar surface area (TPSA) is 55.2 Å². The molecular formula is C12H18N2O2S. The van der Waals surface area contributed by atoms with E-state index in [0.717, 1.165) is 18.7 Å². The van der Waals surface area contributed by atoms with Crippen molar-refractivity contribution in [1.82, 2.24) is 0 Å². The minimum Gasteiger partial charge on any atom is -0.385 e. The van der Waals surface area contributed by atoms with Gasteiger partial charge in [-0.3, -0.25) is 10.1 Å². The number of nitrogens with one attached hydrogen (secondary N) is 1. The van der Waals surface area contributed by atoms with Crippen LogP contribution in [0.15, 0.2) is 18.2 Å². The number of nitro benzene ring substituents is 1. The van der Waals surface area contributed by atoms with Crippen LogP contribution in [-0.4, -0.2) is 23.0 Å². The monoisotopic (exact) mass is 254 g/mol. The number of nitro groups is 1. The van der Waals surface area contributed by atoms with Crippen LogP contribution < -0.4 is 5.32 Å². The zero-order chi connectivity index (χ0) is 12.8. The number of anilines is 1. The number of hydrogen-bond donors (Lipinski definition) is 1. The highest BCUT2D eigenvalue weighted by atomic mass is 32.2. The van der Waals surface area contributed by atoms with Crippen molar-refractivity contribution in [3.05, 3.63) is 33.9 Å². The highest BCUT2D eigenvalue weighted by molar-refractivity contribution is 7.99. The van der Waals surface area contributed by atoms with E-state index >= 15 is 0 Å². The fraction of sp³-hybridized carbons (Fsp3) is 0.500. The molecule has 1 aromatic carbocycles. The van der Waals surface area contributed by atoms with Gasteiger partial charge < -0.3 is 5.32 Å². The number of nitrogens with zero attached hydrogens (tertiary/aromatic N) is 1. The summed E-state index contributed by atoms with van der Waals surface area (Å²) in [6.07, 6.45) is 3.13. The molecule has 0 saturated carbocycles. The van der Waals surface area contributed by atoms with Crippen molar-refractivity contribution < 1.29 is 4.92 Å². The second kappa shape index (κ2) is 6.49. The lowest BCUT2D eigenvalue weighted by molar-refractivity contribution is -0.385. The summed E-state index contributed by atoms with van der Waals surface area (Å²) in [7, 11) is 0. The summed E-state index contributed by atoms with van der Waals surface area (Å²) in [6, 6.07) is 5.13. The molecule has 1 atom stereocenters. The maximum atomic E-state index is 10.8. The molecule has 94 valence electrons. The van der Waals surface area contributed by atoms with E-state index in [-0.39, 0.29) is 10.6 Å². The lowest BCUT2D eigenvalue weighted by Gasteiger charge is -2.12. The molecule has 0 aliphatic heterocycles. The molecule has 0 aliphatic rings. The van der Waals surface area contributed by atoms with E-state index in [0.29, 0.717) is 10.8 Å². The lowest BCUT2D eigenvalue weighted by atomic mass is 10.1. The molecule has 5 heteroatoms. The van der Waals surface area contributed by atoms with Gasteiger partial charge in [-0.25, -0.2) is 0 Å². The molecule has 17 heavy (non-hydrogen) atoms. The van der Waals surface area contributed by atoms with Crippen LogP contribution >= 0.6 is 11.8 Å². The zero-order valence-corrected chi connectivity index (χ0v) is 11.2. The molecule has 4 nitrogen and oxygen atoms in total. The molecule has 1 unspecified atom stereocenters. The lowest BCUT2D eigenvalue weighted by Crippen LogP contribution is -2.09. The Morgan fingerprint density at radius 1 is 1.53 bits per heavy atom. The summed E-state index contributed by atoms with van der Waals surface area (Å²) >= 11 is 1.82. The Hall–Kier alpha value is -1.23. The summed E-state index contributed by atoms with van der Waals surface area (Å²) < 4.78 is 0. The second-order valence-corrected chi connectivity index (χ2v) is 5.24. The van der Waals surface area contributed by atoms with Gasteiger partial charge >= 0.3 is 0 Å². The fourth-order valence-electron chi connectivity index (χ4n) is 1.54. The molecule has 0 amide bonds. The van der Waals surface area contributed by atoms with Crippen molar-refractivity contribution in [1.29, 1.82) is 0 Å². The average molecular weight is 254 g/mol. The Balaban J connectivity index is 2.66. The van der Waals surface area contributed by atoms with Crippen molar-refractivity contribution in [2.24, 2.45) is 0 Å². The summed E-state index contributed by atoms with van der Waals surface area (Å²) in [5, 5.41) is 14.6. The van der Waals surface area contributed by atoms with Gasteiger partial charge in [-0.1, -0.05) is 13.0 Å². The van der Waals surface area contributed by atoms with E-state index in [4.69, 9.17) is 0 Å². The van der Waals surface area contributed by atoms with Crippen LogP contribution in [0, 0.1) is 17.0 Å². The molecule has 0 bridgehead atoms. The second-order valence-electron chi connectivity index (χ2n) is 3.97. The Bertz CT molecular complexity index is 396. The normalized spacial score (nSPS) is 12.2. The molecule has 0 fully saturated rings. The van der Waals surface area contributed by atoms with E-state index in [2.05, 4.69) is 18.5 Å². The standard InChI is InChI=1S/C12H18N2O2S/c1-9(17-3)7-8-13-11-5-4-6-12(10(11)2)14(15)16/h4-6,9,13H,7-8H2,1-3H3. The van der Waals surface area contributed by atoms with E-state index in [1.807, 2.05) is 17.8 Å². The number of rotatable bonds is 6. The minimum atomic E-state index is -0.342. The van der Waals surface area contributed by atoms with Gasteiger partial charge in [-0.2, -0.15) is 11.8 Å². The highest BCUT2D eigenvalue weighted by Crippen LogP contribution is 2.25. The first kappa shape index (κ1) is 13.8. The Kier molecular flexibility index (Phi) is 5.28. The van der Waals surface area contributed by atoms with Gasteiger partial charge in [0.1, 0.15) is 0 Å². The van der Waals surface area contributed by atoms with Crippen LogP contribution in [0.3, 0.4) is 0 Å². The van der Waals surface area contributed by atoms with Gasteiger partial charge in [0.2, 0.25) is 0 Å². The molecule has 1 aromatic rings. The predicted octanol–water partition coefficient (Wildman–Crippen LogP) is 3.46. The van der Waals surface area contributed by atoms with Crippen LogP contribution in [-0.2, 0) is 0 Å². The van der Waals surface area contributed by atoms with Crippen LogP contribution in [0.25, 0.3) is 0 Å². The van der Waals surface area contributed by atoms with E-state index in [9.17, 15) is 10.1 Å².